The summed E-state index contributed by atoms with van der Waals surface area (Å²) in [5.74, 6) is 0. The third kappa shape index (κ3) is 11.5. The van der Waals surface area contributed by atoms with Crippen molar-refractivity contribution in [3.05, 3.63) is 36.4 Å². The van der Waals surface area contributed by atoms with Crippen LogP contribution in [0.3, 0.4) is 0 Å². The SMILES string of the molecule is BrC(Br)Br.c1ccccc1. The van der Waals surface area contributed by atoms with Gasteiger partial charge in [-0.3, -0.25) is 0 Å². The van der Waals surface area contributed by atoms with E-state index in [1.807, 2.05) is 36.4 Å². The summed E-state index contributed by atoms with van der Waals surface area (Å²) in [4.78, 5) is 0. The number of rotatable bonds is 0. The molecule has 0 nitrogen and oxygen atoms in total. The molecule has 10 heavy (non-hydrogen) atoms. The molecule has 0 aliphatic heterocycles. The lowest BCUT2D eigenvalue weighted by Gasteiger charge is -1.70. The Morgan fingerprint density at radius 3 is 0.800 bits per heavy atom. The maximum absolute atomic E-state index is 3.10. The summed E-state index contributed by atoms with van der Waals surface area (Å²) in [6.07, 6.45) is 0. The summed E-state index contributed by atoms with van der Waals surface area (Å²) in [6.45, 7) is 0. The smallest absolute Gasteiger partial charge is 0.0637 e. The van der Waals surface area contributed by atoms with E-state index in [-0.39, 0.29) is 2.65 Å². The normalized spacial score (nSPS) is 8.40. The lowest BCUT2D eigenvalue weighted by molar-refractivity contribution is 1.72. The van der Waals surface area contributed by atoms with Gasteiger partial charge in [0.1, 0.15) is 2.65 Å². The number of alkyl halides is 3. The Morgan fingerprint density at radius 1 is 0.600 bits per heavy atom. The van der Waals surface area contributed by atoms with Gasteiger partial charge in [0.25, 0.3) is 0 Å². The van der Waals surface area contributed by atoms with E-state index in [4.69, 9.17) is 0 Å². The second kappa shape index (κ2) is 7.76. The fourth-order valence-corrected chi connectivity index (χ4v) is 0.385. The largest absolute Gasteiger partial charge is 0.124 e. The molecular weight excluding hydrogens is 324 g/mol. The second-order valence-electron chi connectivity index (χ2n) is 1.40. The number of halogens is 3. The van der Waals surface area contributed by atoms with Crippen LogP contribution in [0.2, 0.25) is 0 Å². The quantitative estimate of drug-likeness (QED) is 0.627. The van der Waals surface area contributed by atoms with E-state index < -0.39 is 0 Å². The molecule has 0 unspecified atom stereocenters. The van der Waals surface area contributed by atoms with E-state index in [1.54, 1.807) is 0 Å². The molecule has 0 spiro atoms. The predicted octanol–water partition coefficient (Wildman–Crippen LogP) is 4.14. The molecule has 1 rings (SSSR count). The molecule has 0 saturated carbocycles. The van der Waals surface area contributed by atoms with Gasteiger partial charge in [-0.2, -0.15) is 0 Å². The summed E-state index contributed by atoms with van der Waals surface area (Å²) in [6, 6.07) is 12.0. The highest BCUT2D eigenvalue weighted by Crippen LogP contribution is 2.13. The highest BCUT2D eigenvalue weighted by Gasteiger charge is 1.77. The predicted molar refractivity (Wildman–Crippen MR) is 57.0 cm³/mol. The van der Waals surface area contributed by atoms with Crippen molar-refractivity contribution in [3.63, 3.8) is 0 Å². The maximum atomic E-state index is 3.10. The summed E-state index contributed by atoms with van der Waals surface area (Å²) < 4.78 is 0.271. The first-order valence-electron chi connectivity index (χ1n) is 2.65. The highest BCUT2D eigenvalue weighted by atomic mass is 80.0. The van der Waals surface area contributed by atoms with Crippen LogP contribution < -0.4 is 0 Å². The van der Waals surface area contributed by atoms with E-state index in [2.05, 4.69) is 47.8 Å². The molecule has 0 fully saturated rings. The van der Waals surface area contributed by atoms with Crippen molar-refractivity contribution >= 4 is 47.8 Å². The van der Waals surface area contributed by atoms with Gasteiger partial charge in [0.05, 0.1) is 0 Å². The van der Waals surface area contributed by atoms with Crippen LogP contribution in [-0.4, -0.2) is 2.65 Å². The zero-order valence-corrected chi connectivity index (χ0v) is 9.93. The molecule has 3 heteroatoms. The van der Waals surface area contributed by atoms with Gasteiger partial charge >= 0.3 is 0 Å². The minimum Gasteiger partial charge on any atom is -0.0637 e. The lowest BCUT2D eigenvalue weighted by atomic mass is 10.4. The van der Waals surface area contributed by atoms with Crippen LogP contribution in [0.25, 0.3) is 0 Å². The third-order valence-electron chi connectivity index (χ3n) is 0.667. The van der Waals surface area contributed by atoms with Crippen molar-refractivity contribution in [1.29, 1.82) is 0 Å². The maximum Gasteiger partial charge on any atom is 0.124 e. The second-order valence-corrected chi connectivity index (χ2v) is 7.84. The van der Waals surface area contributed by atoms with Gasteiger partial charge in [-0.1, -0.05) is 84.2 Å². The molecule has 0 aliphatic rings. The number of benzene rings is 1. The molecule has 0 radical (unpaired) electrons. The molecule has 56 valence electrons. The molecule has 0 amide bonds. The van der Waals surface area contributed by atoms with Crippen LogP contribution in [0.15, 0.2) is 36.4 Å². The number of hydrogen-bond donors (Lipinski definition) is 0. The minimum absolute atomic E-state index is 0.271. The van der Waals surface area contributed by atoms with Crippen LogP contribution in [-0.2, 0) is 0 Å². The molecule has 1 aromatic rings. The standard InChI is InChI=1S/C6H6.CHBr3/c1-2-4-6-5-3-1;2-1(3)4/h1-6H;1H. The lowest BCUT2D eigenvalue weighted by Crippen LogP contribution is -1.49. The molecule has 0 bridgehead atoms. The molecule has 0 atom stereocenters. The van der Waals surface area contributed by atoms with E-state index >= 15 is 0 Å². The Kier molecular flexibility index (Phi) is 8.28. The Bertz CT molecular complexity index is 109. The van der Waals surface area contributed by atoms with Crippen LogP contribution in [0.4, 0.5) is 0 Å². The Morgan fingerprint density at radius 2 is 0.700 bits per heavy atom. The van der Waals surface area contributed by atoms with E-state index in [0.29, 0.717) is 0 Å². The first-order valence-corrected chi connectivity index (χ1v) is 5.40. The van der Waals surface area contributed by atoms with Gasteiger partial charge in [0.2, 0.25) is 0 Å². The molecule has 1 aromatic carbocycles. The summed E-state index contributed by atoms with van der Waals surface area (Å²) in [7, 11) is 0. The average Bonchev–Trinajstić information content (AvgIpc) is 1.90. The van der Waals surface area contributed by atoms with Gasteiger partial charge < -0.3 is 0 Å². The van der Waals surface area contributed by atoms with Crippen molar-refractivity contribution in [3.8, 4) is 0 Å². The van der Waals surface area contributed by atoms with Crippen molar-refractivity contribution in [2.24, 2.45) is 0 Å². The van der Waals surface area contributed by atoms with Gasteiger partial charge in [0, 0.05) is 0 Å². The van der Waals surface area contributed by atoms with Crippen molar-refractivity contribution < 1.29 is 0 Å². The topological polar surface area (TPSA) is 0 Å². The summed E-state index contributed by atoms with van der Waals surface area (Å²) in [5.41, 5.74) is 0. The van der Waals surface area contributed by atoms with Crippen molar-refractivity contribution in [1.82, 2.24) is 0 Å². The van der Waals surface area contributed by atoms with Gasteiger partial charge in [-0.25, -0.2) is 0 Å². The summed E-state index contributed by atoms with van der Waals surface area (Å²) >= 11 is 9.31. The fraction of sp³-hybridized carbons (Fsp3) is 0.143. The third-order valence-corrected chi connectivity index (χ3v) is 0.667. The fourth-order valence-electron chi connectivity index (χ4n) is 0.385. The van der Waals surface area contributed by atoms with Gasteiger partial charge in [-0.15, -0.1) is 0 Å². The molecule has 0 saturated heterocycles. The minimum atomic E-state index is 0.271. The van der Waals surface area contributed by atoms with Crippen LogP contribution in [0.1, 0.15) is 0 Å². The molecule has 0 N–H and O–H groups in total. The van der Waals surface area contributed by atoms with Crippen molar-refractivity contribution in [2.45, 2.75) is 2.65 Å². The number of hydrogen-bond acceptors (Lipinski definition) is 0. The van der Waals surface area contributed by atoms with Crippen LogP contribution in [0, 0.1) is 0 Å². The average molecular weight is 331 g/mol. The van der Waals surface area contributed by atoms with Crippen LogP contribution >= 0.6 is 47.8 Å². The first kappa shape index (κ1) is 10.7. The molecular formula is C7H7Br3. The van der Waals surface area contributed by atoms with E-state index in [9.17, 15) is 0 Å². The molecule has 0 aliphatic carbocycles. The van der Waals surface area contributed by atoms with E-state index in [1.165, 1.54) is 0 Å². The van der Waals surface area contributed by atoms with Crippen molar-refractivity contribution in [2.75, 3.05) is 0 Å². The molecule has 0 aromatic heterocycles. The first-order chi connectivity index (χ1) is 4.73. The Labute approximate surface area is 86.4 Å². The van der Waals surface area contributed by atoms with Gasteiger partial charge in [-0.05, 0) is 0 Å². The van der Waals surface area contributed by atoms with Crippen LogP contribution in [0.5, 0.6) is 0 Å². The Hall–Kier alpha value is 0.660. The molecule has 0 heterocycles. The Balaban J connectivity index is 0.000000180. The highest BCUT2D eigenvalue weighted by molar-refractivity contribution is 9.38. The summed E-state index contributed by atoms with van der Waals surface area (Å²) in [5, 5.41) is 0. The zero-order chi connectivity index (χ0) is 7.82. The monoisotopic (exact) mass is 328 g/mol. The van der Waals surface area contributed by atoms with Gasteiger partial charge in [0.15, 0.2) is 0 Å². The zero-order valence-electron chi connectivity index (χ0n) is 5.18. The van der Waals surface area contributed by atoms with E-state index in [0.717, 1.165) is 0 Å².